The molecule has 16 heavy (non-hydrogen) atoms. The molecule has 0 heterocycles. The SMILES string of the molecule is COC(OC)C(C)Nc1ccc(C)c(C)c1. The van der Waals surface area contributed by atoms with E-state index in [-0.39, 0.29) is 12.3 Å². The molecule has 3 heteroatoms. The van der Waals surface area contributed by atoms with Gasteiger partial charge < -0.3 is 14.8 Å². The fraction of sp³-hybridized carbons (Fsp3) is 0.538. The quantitative estimate of drug-likeness (QED) is 0.779. The van der Waals surface area contributed by atoms with Crippen molar-refractivity contribution in [2.75, 3.05) is 19.5 Å². The molecule has 0 aliphatic carbocycles. The third-order valence-corrected chi connectivity index (χ3v) is 2.77. The molecule has 0 bridgehead atoms. The van der Waals surface area contributed by atoms with Crippen molar-refractivity contribution in [1.29, 1.82) is 0 Å². The summed E-state index contributed by atoms with van der Waals surface area (Å²) < 4.78 is 10.4. The first-order chi connectivity index (χ1) is 7.58. The first kappa shape index (κ1) is 13.0. The Morgan fingerprint density at radius 3 is 2.19 bits per heavy atom. The highest BCUT2D eigenvalue weighted by Crippen LogP contribution is 2.16. The molecule has 1 N–H and O–H groups in total. The lowest BCUT2D eigenvalue weighted by Gasteiger charge is -2.23. The second-order valence-electron chi connectivity index (χ2n) is 4.07. The summed E-state index contributed by atoms with van der Waals surface area (Å²) >= 11 is 0. The van der Waals surface area contributed by atoms with Crippen LogP contribution in [0.4, 0.5) is 5.69 Å². The van der Waals surface area contributed by atoms with E-state index in [2.05, 4.69) is 37.4 Å². The van der Waals surface area contributed by atoms with Crippen molar-refractivity contribution in [2.45, 2.75) is 33.1 Å². The fourth-order valence-corrected chi connectivity index (χ4v) is 1.67. The molecule has 0 fully saturated rings. The van der Waals surface area contributed by atoms with Gasteiger partial charge in [0.05, 0.1) is 6.04 Å². The second kappa shape index (κ2) is 5.87. The van der Waals surface area contributed by atoms with Gasteiger partial charge in [-0.15, -0.1) is 0 Å². The van der Waals surface area contributed by atoms with E-state index in [1.807, 2.05) is 6.92 Å². The number of rotatable bonds is 5. The maximum absolute atomic E-state index is 5.20. The normalized spacial score (nSPS) is 12.9. The number of methoxy groups -OCH3 is 2. The molecule has 0 aliphatic heterocycles. The topological polar surface area (TPSA) is 30.5 Å². The Kier molecular flexibility index (Phi) is 4.77. The third-order valence-electron chi connectivity index (χ3n) is 2.77. The van der Waals surface area contributed by atoms with Gasteiger partial charge in [0, 0.05) is 19.9 Å². The first-order valence-electron chi connectivity index (χ1n) is 5.48. The van der Waals surface area contributed by atoms with Crippen molar-refractivity contribution in [3.8, 4) is 0 Å². The highest BCUT2D eigenvalue weighted by molar-refractivity contribution is 5.48. The van der Waals surface area contributed by atoms with Gasteiger partial charge in [0.2, 0.25) is 0 Å². The Bertz CT molecular complexity index is 335. The van der Waals surface area contributed by atoms with Crippen LogP contribution in [0.2, 0.25) is 0 Å². The molecule has 1 unspecified atom stereocenters. The van der Waals surface area contributed by atoms with Crippen LogP contribution in [0.25, 0.3) is 0 Å². The van der Waals surface area contributed by atoms with Crippen LogP contribution in [0.3, 0.4) is 0 Å². The molecule has 90 valence electrons. The predicted octanol–water partition coefficient (Wildman–Crippen LogP) is 2.72. The van der Waals surface area contributed by atoms with Gasteiger partial charge in [-0.2, -0.15) is 0 Å². The van der Waals surface area contributed by atoms with Gasteiger partial charge in [0.1, 0.15) is 0 Å². The summed E-state index contributed by atoms with van der Waals surface area (Å²) in [5.41, 5.74) is 3.67. The number of ether oxygens (including phenoxy) is 2. The number of nitrogens with one attached hydrogen (secondary N) is 1. The van der Waals surface area contributed by atoms with Gasteiger partial charge in [0.15, 0.2) is 6.29 Å². The molecular formula is C13H21NO2. The number of hydrogen-bond acceptors (Lipinski definition) is 3. The number of anilines is 1. The summed E-state index contributed by atoms with van der Waals surface area (Å²) in [6.45, 7) is 6.25. The molecule has 3 nitrogen and oxygen atoms in total. The maximum atomic E-state index is 5.20. The fourth-order valence-electron chi connectivity index (χ4n) is 1.67. The molecule has 0 amide bonds. The molecule has 0 saturated carbocycles. The predicted molar refractivity (Wildman–Crippen MR) is 66.8 cm³/mol. The molecule has 0 aromatic heterocycles. The Balaban J connectivity index is 2.69. The zero-order chi connectivity index (χ0) is 12.1. The minimum atomic E-state index is -0.235. The van der Waals surface area contributed by atoms with Crippen LogP contribution < -0.4 is 5.32 Å². The van der Waals surface area contributed by atoms with Gasteiger partial charge in [-0.25, -0.2) is 0 Å². The average Bonchev–Trinajstić information content (AvgIpc) is 2.25. The molecule has 0 saturated heterocycles. The Hall–Kier alpha value is -1.06. The highest BCUT2D eigenvalue weighted by Gasteiger charge is 2.15. The van der Waals surface area contributed by atoms with Crippen LogP contribution in [-0.4, -0.2) is 26.6 Å². The van der Waals surface area contributed by atoms with Crippen molar-refractivity contribution in [3.05, 3.63) is 29.3 Å². The van der Waals surface area contributed by atoms with Crippen molar-refractivity contribution in [3.63, 3.8) is 0 Å². The van der Waals surface area contributed by atoms with Gasteiger partial charge >= 0.3 is 0 Å². The minimum Gasteiger partial charge on any atom is -0.377 e. The molecule has 1 atom stereocenters. The molecule has 0 radical (unpaired) electrons. The van der Waals surface area contributed by atoms with E-state index in [1.165, 1.54) is 11.1 Å². The Labute approximate surface area is 97.8 Å². The second-order valence-corrected chi connectivity index (χ2v) is 4.07. The zero-order valence-electron chi connectivity index (χ0n) is 10.7. The molecule has 1 aromatic rings. The summed E-state index contributed by atoms with van der Waals surface area (Å²) in [7, 11) is 3.29. The summed E-state index contributed by atoms with van der Waals surface area (Å²) in [5.74, 6) is 0. The van der Waals surface area contributed by atoms with Gasteiger partial charge in [0.25, 0.3) is 0 Å². The summed E-state index contributed by atoms with van der Waals surface area (Å²) in [6, 6.07) is 6.42. The van der Waals surface area contributed by atoms with Gasteiger partial charge in [-0.1, -0.05) is 6.07 Å². The summed E-state index contributed by atoms with van der Waals surface area (Å²) in [5, 5.41) is 3.36. The van der Waals surface area contributed by atoms with Crippen LogP contribution in [0.5, 0.6) is 0 Å². The number of aryl methyl sites for hydroxylation is 2. The average molecular weight is 223 g/mol. The van der Waals surface area contributed by atoms with Crippen LogP contribution in [0, 0.1) is 13.8 Å². The maximum Gasteiger partial charge on any atom is 0.176 e. The monoisotopic (exact) mass is 223 g/mol. The van der Waals surface area contributed by atoms with E-state index in [0.717, 1.165) is 5.69 Å². The van der Waals surface area contributed by atoms with Crippen LogP contribution in [0.15, 0.2) is 18.2 Å². The van der Waals surface area contributed by atoms with Gasteiger partial charge in [-0.05, 0) is 44.0 Å². The zero-order valence-corrected chi connectivity index (χ0v) is 10.7. The van der Waals surface area contributed by atoms with E-state index in [0.29, 0.717) is 0 Å². The van der Waals surface area contributed by atoms with E-state index >= 15 is 0 Å². The molecule has 0 aliphatic rings. The lowest BCUT2D eigenvalue weighted by atomic mass is 10.1. The lowest BCUT2D eigenvalue weighted by Crippen LogP contribution is -2.33. The van der Waals surface area contributed by atoms with E-state index in [1.54, 1.807) is 14.2 Å². The van der Waals surface area contributed by atoms with Crippen molar-refractivity contribution >= 4 is 5.69 Å². The van der Waals surface area contributed by atoms with Gasteiger partial charge in [-0.3, -0.25) is 0 Å². The van der Waals surface area contributed by atoms with E-state index in [9.17, 15) is 0 Å². The van der Waals surface area contributed by atoms with Crippen molar-refractivity contribution in [2.24, 2.45) is 0 Å². The third kappa shape index (κ3) is 3.22. The largest absolute Gasteiger partial charge is 0.377 e. The number of hydrogen-bond donors (Lipinski definition) is 1. The minimum absolute atomic E-state index is 0.108. The van der Waals surface area contributed by atoms with Crippen LogP contribution >= 0.6 is 0 Å². The standard InChI is InChI=1S/C13H21NO2/c1-9-6-7-12(8-10(9)2)14-11(3)13(15-4)16-5/h6-8,11,13-14H,1-5H3. The van der Waals surface area contributed by atoms with E-state index < -0.39 is 0 Å². The molecule has 1 rings (SSSR count). The molecule has 1 aromatic carbocycles. The van der Waals surface area contributed by atoms with Crippen LogP contribution in [0.1, 0.15) is 18.1 Å². The van der Waals surface area contributed by atoms with E-state index in [4.69, 9.17) is 9.47 Å². The molecular weight excluding hydrogens is 202 g/mol. The first-order valence-corrected chi connectivity index (χ1v) is 5.48. The smallest absolute Gasteiger partial charge is 0.176 e. The lowest BCUT2D eigenvalue weighted by molar-refractivity contribution is -0.109. The Morgan fingerprint density at radius 1 is 1.06 bits per heavy atom. The van der Waals surface area contributed by atoms with Crippen molar-refractivity contribution in [1.82, 2.24) is 0 Å². The molecule has 0 spiro atoms. The van der Waals surface area contributed by atoms with Crippen molar-refractivity contribution < 1.29 is 9.47 Å². The highest BCUT2D eigenvalue weighted by atomic mass is 16.7. The summed E-state index contributed by atoms with van der Waals surface area (Å²) in [6.07, 6.45) is -0.235. The van der Waals surface area contributed by atoms with Crippen LogP contribution in [-0.2, 0) is 9.47 Å². The number of benzene rings is 1. The summed E-state index contributed by atoms with van der Waals surface area (Å²) in [4.78, 5) is 0. The Morgan fingerprint density at radius 2 is 1.69 bits per heavy atom.